The lowest BCUT2D eigenvalue weighted by Gasteiger charge is -2.37. The smallest absolute Gasteiger partial charge is 0.326 e. The number of carboxylic acid groups (broad SMARTS) is 5. The van der Waals surface area contributed by atoms with E-state index in [-0.39, 0.29) is 175 Å². The van der Waals surface area contributed by atoms with Crippen LogP contribution in [0.1, 0.15) is 79.3 Å². The van der Waals surface area contributed by atoms with Gasteiger partial charge in [-0.3, -0.25) is 72.5 Å². The van der Waals surface area contributed by atoms with E-state index in [1.54, 1.807) is 73.0 Å². The van der Waals surface area contributed by atoms with Gasteiger partial charge in [0, 0.05) is 118 Å². The van der Waals surface area contributed by atoms with E-state index in [0.717, 1.165) is 22.0 Å². The van der Waals surface area contributed by atoms with E-state index in [1.165, 1.54) is 6.20 Å². The number of likely N-dealkylation sites (tertiary alicyclic amines) is 1. The topological polar surface area (TPSA) is 456 Å². The van der Waals surface area contributed by atoms with E-state index >= 15 is 0 Å². The van der Waals surface area contributed by atoms with Crippen molar-refractivity contribution in [2.45, 2.75) is 88.8 Å². The molecule has 2 aliphatic rings. The molecule has 0 aliphatic carbocycles. The number of carboxylic acids is 5. The van der Waals surface area contributed by atoms with Crippen LogP contribution in [0.25, 0.3) is 10.9 Å². The molecule has 3 heterocycles. The standard InChI is InChI=1S/C71H98IN13O21/c72-51-13-9-50(10-14-51)40-61(87)74-21-3-2-8-58(70(100)101)80-69(99)57(79-60(86)20-33-103-35-37-105-38-36-104-34-24-75-62(88)48-106-54-17-18-55-56(19-23-73-59(55)41-54)68(98)77-42-63(89)84-25-5-6-26-84)7-1-4-22-76-71(102)78-52-15-11-49(12-16-52)39-53-43-83(46-66(94)95)30-29-81(44-64(90)91)27-28-82(45-65(92)93)31-32-85(53)47-67(96)97/h9-19,23,41,53,57-58H,1-8,20-22,24-40,42-48H2,(H,74,87)(H,75,88)(H,77,98)(H,79,86)(H,80,99)(H,90,91)(H,92,93)(H,94,95)(H,96,97)(H,100,101)(H2,76,78,102)/t53?,57-,58-/m0/s1. The van der Waals surface area contributed by atoms with Crippen LogP contribution in [0.3, 0.4) is 0 Å². The number of fused-ring (bicyclic) bond motifs is 1. The highest BCUT2D eigenvalue weighted by Gasteiger charge is 2.30. The minimum atomic E-state index is -1.31. The summed E-state index contributed by atoms with van der Waals surface area (Å²) in [6, 6.07) is 17.0. The number of aliphatic carboxylic acids is 5. The zero-order valence-corrected chi connectivity index (χ0v) is 61.5. The number of ether oxygens (including phenoxy) is 4. The Hall–Kier alpha value is -9.24. The first-order valence-corrected chi connectivity index (χ1v) is 36.4. The Kier molecular flexibility index (Phi) is 38.3. The highest BCUT2D eigenvalue weighted by Crippen LogP contribution is 2.23. The predicted octanol–water partition coefficient (Wildman–Crippen LogP) is 1.17. The molecule has 2 fully saturated rings. The molecular weight excluding hydrogens is 1500 g/mol. The number of anilines is 1. The lowest BCUT2D eigenvalue weighted by Crippen LogP contribution is -2.53. The average molecular weight is 1600 g/mol. The highest BCUT2D eigenvalue weighted by molar-refractivity contribution is 14.1. The Morgan fingerprint density at radius 1 is 0.547 bits per heavy atom. The summed E-state index contributed by atoms with van der Waals surface area (Å²) in [6.07, 6.45) is 5.10. The van der Waals surface area contributed by atoms with Crippen LogP contribution in [0, 0.1) is 3.57 Å². The maximum Gasteiger partial charge on any atom is 0.326 e. The molecule has 3 atom stereocenters. The Balaban J connectivity index is 0.919. The van der Waals surface area contributed by atoms with Crippen molar-refractivity contribution in [1.29, 1.82) is 0 Å². The molecule has 3 aromatic carbocycles. The fourth-order valence-electron chi connectivity index (χ4n) is 11.7. The molecule has 8 amide bonds. The van der Waals surface area contributed by atoms with Crippen LogP contribution in [-0.4, -0.2) is 302 Å². The number of halogens is 1. The molecular formula is C71H98IN13O21. The molecule has 4 aromatic rings. The van der Waals surface area contributed by atoms with Crippen molar-refractivity contribution in [3.05, 3.63) is 99.3 Å². The van der Waals surface area contributed by atoms with E-state index in [0.29, 0.717) is 72.2 Å². The second-order valence-electron chi connectivity index (χ2n) is 25.5. The second-order valence-corrected chi connectivity index (χ2v) is 26.7. The number of pyridine rings is 1. The summed E-state index contributed by atoms with van der Waals surface area (Å²) in [5, 5.41) is 68.7. The normalized spacial score (nSPS) is 15.4. The Morgan fingerprint density at radius 3 is 1.76 bits per heavy atom. The van der Waals surface area contributed by atoms with E-state index in [4.69, 9.17) is 18.9 Å². The van der Waals surface area contributed by atoms with Crippen LogP contribution in [0.4, 0.5) is 10.5 Å². The molecule has 0 spiro atoms. The molecule has 2 aliphatic heterocycles. The molecule has 580 valence electrons. The van der Waals surface area contributed by atoms with Gasteiger partial charge in [0.2, 0.25) is 23.6 Å². The SMILES string of the molecule is O=C(O)CN1CCN(CC(=O)O)CCN(CC(=O)O)C(Cc2ccc(NC(=O)NCCCC[C@H](NC(=O)CCOCCOCCOCCNC(=O)COc3ccc4c(C(=O)NCC(=O)N5CCCC5)ccnc4c3)C(=O)N[C@@H](CCCCNC(=O)Cc3ccc(I)cc3)C(=O)O)cc2)CN(CC(=O)O)CC1. The Bertz CT molecular complexity index is 3540. The largest absolute Gasteiger partial charge is 0.484 e. The minimum absolute atomic E-state index is 0.0347. The van der Waals surface area contributed by atoms with Gasteiger partial charge >= 0.3 is 35.9 Å². The minimum Gasteiger partial charge on any atom is -0.484 e. The molecule has 6 rings (SSSR count). The second kappa shape index (κ2) is 47.3. The molecule has 0 radical (unpaired) electrons. The lowest BCUT2D eigenvalue weighted by molar-refractivity contribution is -0.142. The number of carbonyl (C=O) groups is 12. The number of hydrogen-bond donors (Lipinski definition) is 12. The van der Waals surface area contributed by atoms with Crippen molar-refractivity contribution in [1.82, 2.24) is 61.4 Å². The number of rotatable bonds is 45. The van der Waals surface area contributed by atoms with E-state index in [2.05, 4.69) is 64.8 Å². The van der Waals surface area contributed by atoms with Gasteiger partial charge < -0.3 is 86.6 Å². The summed E-state index contributed by atoms with van der Waals surface area (Å²) >= 11 is 2.17. The molecule has 35 heteroatoms. The molecule has 34 nitrogen and oxygen atoms in total. The van der Waals surface area contributed by atoms with Crippen molar-refractivity contribution in [3.8, 4) is 5.75 Å². The number of unbranched alkanes of at least 4 members (excludes halogenated alkanes) is 2. The Labute approximate surface area is 627 Å². The van der Waals surface area contributed by atoms with Crippen molar-refractivity contribution < 1.29 is 102 Å². The highest BCUT2D eigenvalue weighted by atomic mass is 127. The number of nitrogens with one attached hydrogen (secondary N) is 7. The van der Waals surface area contributed by atoms with Gasteiger partial charge in [-0.15, -0.1) is 0 Å². The summed E-state index contributed by atoms with van der Waals surface area (Å²) in [6.45, 7) is 1.70. The van der Waals surface area contributed by atoms with E-state index < -0.39 is 90.7 Å². The molecule has 0 saturated carbocycles. The number of nitrogens with zero attached hydrogens (tertiary/aromatic N) is 6. The van der Waals surface area contributed by atoms with Crippen LogP contribution in [0.5, 0.6) is 5.75 Å². The fraction of sp³-hybridized carbons (Fsp3) is 0.535. The van der Waals surface area contributed by atoms with Crippen LogP contribution >= 0.6 is 22.6 Å². The zero-order valence-electron chi connectivity index (χ0n) is 59.3. The van der Waals surface area contributed by atoms with Crippen molar-refractivity contribution in [2.75, 3.05) is 163 Å². The quantitative estimate of drug-likeness (QED) is 0.0218. The van der Waals surface area contributed by atoms with Crippen LogP contribution in [-0.2, 0) is 75.0 Å². The first-order valence-electron chi connectivity index (χ1n) is 35.3. The monoisotopic (exact) mass is 1600 g/mol. The number of urea groups is 1. The van der Waals surface area contributed by atoms with Gasteiger partial charge in [0.1, 0.15) is 17.8 Å². The maximum absolute atomic E-state index is 13.8. The van der Waals surface area contributed by atoms with Crippen LogP contribution < -0.4 is 42.0 Å². The van der Waals surface area contributed by atoms with Crippen LogP contribution in [0.15, 0.2) is 79.0 Å². The third-order valence-corrected chi connectivity index (χ3v) is 17.9. The van der Waals surface area contributed by atoms with Gasteiger partial charge in [-0.25, -0.2) is 9.59 Å². The summed E-state index contributed by atoms with van der Waals surface area (Å²) in [5.41, 5.74) is 2.75. The number of aromatic nitrogens is 1. The van der Waals surface area contributed by atoms with Gasteiger partial charge in [-0.05, 0) is 134 Å². The van der Waals surface area contributed by atoms with E-state index in [1.807, 2.05) is 24.3 Å². The number of amides is 8. The molecule has 106 heavy (non-hydrogen) atoms. The average Bonchev–Trinajstić information content (AvgIpc) is 0.900. The van der Waals surface area contributed by atoms with Crippen LogP contribution in [0.2, 0.25) is 0 Å². The van der Waals surface area contributed by atoms with Gasteiger partial charge in [0.25, 0.3) is 11.8 Å². The summed E-state index contributed by atoms with van der Waals surface area (Å²) in [5.74, 6) is -7.86. The molecule has 0 bridgehead atoms. The summed E-state index contributed by atoms with van der Waals surface area (Å²) < 4.78 is 23.4. The molecule has 12 N–H and O–H groups in total. The van der Waals surface area contributed by atoms with E-state index in [9.17, 15) is 83.1 Å². The molecule has 1 unspecified atom stereocenters. The number of hydrogen-bond acceptors (Lipinski definition) is 21. The van der Waals surface area contributed by atoms with Crippen molar-refractivity contribution in [3.63, 3.8) is 0 Å². The summed E-state index contributed by atoms with van der Waals surface area (Å²) in [4.78, 5) is 163. The number of carbonyl (C=O) groups excluding carboxylic acids is 7. The van der Waals surface area contributed by atoms with Crippen molar-refractivity contribution >= 4 is 111 Å². The number of benzene rings is 3. The third-order valence-electron chi connectivity index (χ3n) is 17.2. The summed E-state index contributed by atoms with van der Waals surface area (Å²) in [7, 11) is 0. The predicted molar refractivity (Wildman–Crippen MR) is 393 cm³/mol. The fourth-order valence-corrected chi connectivity index (χ4v) is 12.1. The molecule has 2 saturated heterocycles. The lowest BCUT2D eigenvalue weighted by atomic mass is 10.0. The first kappa shape index (κ1) is 85.7. The van der Waals surface area contributed by atoms with Gasteiger partial charge in [-0.1, -0.05) is 24.3 Å². The zero-order chi connectivity index (χ0) is 76.6. The Morgan fingerprint density at radius 2 is 1.12 bits per heavy atom. The van der Waals surface area contributed by atoms with Gasteiger partial charge in [0.05, 0.1) is 89.9 Å². The maximum atomic E-state index is 13.8. The molecule has 1 aromatic heterocycles. The van der Waals surface area contributed by atoms with Gasteiger partial charge in [-0.2, -0.15) is 0 Å². The van der Waals surface area contributed by atoms with Crippen molar-refractivity contribution in [2.24, 2.45) is 0 Å². The third kappa shape index (κ3) is 33.9. The first-order chi connectivity index (χ1) is 51.0. The van der Waals surface area contributed by atoms with Gasteiger partial charge in [0.15, 0.2) is 6.61 Å².